The molecule has 0 aliphatic carbocycles. The lowest BCUT2D eigenvalue weighted by molar-refractivity contribution is 0.0985. The van der Waals surface area contributed by atoms with E-state index in [0.717, 1.165) is 5.69 Å². The number of Topliss-reactive ketones (excluding diaryl/α,β-unsaturated/α-hetero) is 1. The van der Waals surface area contributed by atoms with Crippen molar-refractivity contribution in [2.75, 3.05) is 25.5 Å². The van der Waals surface area contributed by atoms with Crippen molar-refractivity contribution >= 4 is 17.4 Å². The van der Waals surface area contributed by atoms with E-state index in [9.17, 15) is 4.79 Å². The number of H-pyrrole nitrogens is 1. The fraction of sp³-hybridized carbons (Fsp3) is 0.333. The fourth-order valence-electron chi connectivity index (χ4n) is 1.55. The summed E-state index contributed by atoms with van der Waals surface area (Å²) in [5, 5.41) is 20.4. The third-order valence-corrected chi connectivity index (χ3v) is 2.64. The predicted molar refractivity (Wildman–Crippen MR) is 73.3 cm³/mol. The van der Waals surface area contributed by atoms with Crippen LogP contribution in [0.1, 0.15) is 16.8 Å². The highest BCUT2D eigenvalue weighted by Gasteiger charge is 2.05. The van der Waals surface area contributed by atoms with Gasteiger partial charge in [0.05, 0.1) is 6.54 Å². The van der Waals surface area contributed by atoms with Crippen molar-refractivity contribution in [3.05, 3.63) is 29.8 Å². The molecule has 8 nitrogen and oxygen atoms in total. The lowest BCUT2D eigenvalue weighted by Crippen LogP contribution is -2.09. The molecule has 0 amide bonds. The quantitative estimate of drug-likeness (QED) is 0.636. The molecule has 1 aromatic heterocycles. The number of hydrogen-bond acceptors (Lipinski definition) is 7. The summed E-state index contributed by atoms with van der Waals surface area (Å²) in [5.74, 6) is 0.190. The molecular formula is C12H15N7O. The molecule has 8 heteroatoms. The van der Waals surface area contributed by atoms with Gasteiger partial charge in [-0.3, -0.25) is 4.79 Å². The summed E-state index contributed by atoms with van der Waals surface area (Å²) in [7, 11) is 3.91. The normalized spacial score (nSPS) is 10.9. The Balaban J connectivity index is 1.85. The number of carbonyl (C=O) groups excluding carboxylic acids is 1. The third kappa shape index (κ3) is 3.67. The number of nitrogens with zero attached hydrogens (tertiary/aromatic N) is 6. The largest absolute Gasteiger partial charge is 0.378 e. The maximum absolute atomic E-state index is 11.9. The number of ketones is 1. The fourth-order valence-corrected chi connectivity index (χ4v) is 1.55. The number of hydrogen-bond donors (Lipinski definition) is 1. The Labute approximate surface area is 115 Å². The summed E-state index contributed by atoms with van der Waals surface area (Å²) >= 11 is 0. The molecule has 0 atom stereocenters. The van der Waals surface area contributed by atoms with E-state index in [1.54, 1.807) is 0 Å². The van der Waals surface area contributed by atoms with Crippen molar-refractivity contribution < 1.29 is 4.79 Å². The molecule has 1 aromatic carbocycles. The van der Waals surface area contributed by atoms with Gasteiger partial charge in [-0.1, -0.05) is 5.10 Å². The van der Waals surface area contributed by atoms with Crippen LogP contribution >= 0.6 is 0 Å². The minimum atomic E-state index is 0.0300. The van der Waals surface area contributed by atoms with Crippen LogP contribution in [-0.4, -0.2) is 47.0 Å². The number of rotatable bonds is 6. The topological polar surface area (TPSA) is 99.5 Å². The molecule has 0 saturated heterocycles. The first-order valence-electron chi connectivity index (χ1n) is 6.08. The molecule has 0 aliphatic rings. The van der Waals surface area contributed by atoms with Crippen LogP contribution in [0.5, 0.6) is 0 Å². The van der Waals surface area contributed by atoms with Gasteiger partial charge < -0.3 is 4.90 Å². The van der Waals surface area contributed by atoms with Crippen LogP contribution in [0.25, 0.3) is 0 Å². The molecule has 0 unspecified atom stereocenters. The molecule has 0 radical (unpaired) electrons. The number of carbonyl (C=O) groups is 1. The lowest BCUT2D eigenvalue weighted by atomic mass is 10.1. The average molecular weight is 273 g/mol. The van der Waals surface area contributed by atoms with Gasteiger partial charge in [-0.25, -0.2) is 0 Å². The molecule has 104 valence electrons. The Hall–Kier alpha value is -2.64. The highest BCUT2D eigenvalue weighted by molar-refractivity contribution is 5.96. The van der Waals surface area contributed by atoms with Crippen LogP contribution in [0.2, 0.25) is 0 Å². The monoisotopic (exact) mass is 273 g/mol. The molecule has 2 aromatic rings. The number of benzene rings is 1. The average Bonchev–Trinajstić information content (AvgIpc) is 2.96. The molecule has 0 bridgehead atoms. The maximum Gasteiger partial charge on any atom is 0.307 e. The van der Waals surface area contributed by atoms with Gasteiger partial charge in [0.15, 0.2) is 5.78 Å². The SMILES string of the molecule is CN(C)c1ccc(C(=O)CCN=Nc2nn[nH]n2)cc1. The summed E-state index contributed by atoms with van der Waals surface area (Å²) < 4.78 is 0. The first-order chi connectivity index (χ1) is 9.66. The predicted octanol–water partition coefficient (Wildman–Crippen LogP) is 1.62. The third-order valence-electron chi connectivity index (χ3n) is 2.64. The van der Waals surface area contributed by atoms with E-state index in [4.69, 9.17) is 0 Å². The van der Waals surface area contributed by atoms with Crippen molar-refractivity contribution in [1.29, 1.82) is 0 Å². The second-order valence-corrected chi connectivity index (χ2v) is 4.29. The Bertz CT molecular complexity index is 574. The van der Waals surface area contributed by atoms with E-state index < -0.39 is 0 Å². The van der Waals surface area contributed by atoms with Gasteiger partial charge in [0.2, 0.25) is 0 Å². The van der Waals surface area contributed by atoms with E-state index in [1.807, 2.05) is 43.3 Å². The maximum atomic E-state index is 11.9. The summed E-state index contributed by atoms with van der Waals surface area (Å²) in [6.45, 7) is 0.294. The summed E-state index contributed by atoms with van der Waals surface area (Å²) in [5.41, 5.74) is 1.73. The van der Waals surface area contributed by atoms with E-state index in [-0.39, 0.29) is 11.7 Å². The summed E-state index contributed by atoms with van der Waals surface area (Å²) in [6, 6.07) is 7.45. The number of nitrogens with one attached hydrogen (secondary N) is 1. The molecule has 0 saturated carbocycles. The van der Waals surface area contributed by atoms with Crippen LogP contribution in [-0.2, 0) is 0 Å². The van der Waals surface area contributed by atoms with Gasteiger partial charge in [-0.15, -0.1) is 10.2 Å². The molecule has 0 aliphatic heterocycles. The smallest absolute Gasteiger partial charge is 0.307 e. The van der Waals surface area contributed by atoms with Gasteiger partial charge in [0, 0.05) is 31.8 Å². The van der Waals surface area contributed by atoms with Crippen LogP contribution in [0.15, 0.2) is 34.5 Å². The number of aromatic nitrogens is 4. The van der Waals surface area contributed by atoms with Crippen LogP contribution in [0.3, 0.4) is 0 Å². The van der Waals surface area contributed by atoms with Crippen molar-refractivity contribution in [2.24, 2.45) is 10.2 Å². The van der Waals surface area contributed by atoms with E-state index in [2.05, 4.69) is 30.9 Å². The van der Waals surface area contributed by atoms with E-state index in [1.165, 1.54) is 0 Å². The Morgan fingerprint density at radius 3 is 2.65 bits per heavy atom. The molecule has 1 heterocycles. The molecule has 1 N–H and O–H groups in total. The molecule has 0 fully saturated rings. The van der Waals surface area contributed by atoms with Gasteiger partial charge >= 0.3 is 5.95 Å². The molecular weight excluding hydrogens is 258 g/mol. The number of tetrazole rings is 1. The Morgan fingerprint density at radius 2 is 2.05 bits per heavy atom. The van der Waals surface area contributed by atoms with Crippen LogP contribution in [0.4, 0.5) is 11.6 Å². The highest BCUT2D eigenvalue weighted by Crippen LogP contribution is 2.13. The van der Waals surface area contributed by atoms with Crippen LogP contribution in [0, 0.1) is 0 Å². The number of anilines is 1. The van der Waals surface area contributed by atoms with Crippen molar-refractivity contribution in [3.8, 4) is 0 Å². The van der Waals surface area contributed by atoms with Gasteiger partial charge in [-0.2, -0.15) is 10.3 Å². The van der Waals surface area contributed by atoms with Gasteiger partial charge in [-0.05, 0) is 29.5 Å². The zero-order valence-corrected chi connectivity index (χ0v) is 11.3. The first-order valence-corrected chi connectivity index (χ1v) is 6.08. The second kappa shape index (κ2) is 6.50. The minimum absolute atomic E-state index is 0.0300. The van der Waals surface area contributed by atoms with E-state index >= 15 is 0 Å². The number of azo groups is 1. The van der Waals surface area contributed by atoms with Crippen molar-refractivity contribution in [1.82, 2.24) is 20.6 Å². The Kier molecular flexibility index (Phi) is 4.48. The summed E-state index contributed by atoms with van der Waals surface area (Å²) in [4.78, 5) is 13.9. The second-order valence-electron chi connectivity index (χ2n) is 4.29. The van der Waals surface area contributed by atoms with Crippen LogP contribution < -0.4 is 4.90 Å². The number of aromatic amines is 1. The zero-order valence-electron chi connectivity index (χ0n) is 11.3. The van der Waals surface area contributed by atoms with Gasteiger partial charge in [0.25, 0.3) is 0 Å². The Morgan fingerprint density at radius 1 is 1.30 bits per heavy atom. The van der Waals surface area contributed by atoms with Crippen molar-refractivity contribution in [3.63, 3.8) is 0 Å². The minimum Gasteiger partial charge on any atom is -0.378 e. The standard InChI is InChI=1S/C12H15N7O/c1-19(2)10-5-3-9(4-6-10)11(20)7-8-13-14-12-15-17-18-16-12/h3-6H,7-8H2,1-2H3,(H,15,16,17,18). The molecule has 2 rings (SSSR count). The lowest BCUT2D eigenvalue weighted by Gasteiger charge is -2.12. The molecule has 0 spiro atoms. The first kappa shape index (κ1) is 13.8. The summed E-state index contributed by atoms with van der Waals surface area (Å²) in [6.07, 6.45) is 0.294. The highest BCUT2D eigenvalue weighted by atomic mass is 16.1. The van der Waals surface area contributed by atoms with Gasteiger partial charge in [0.1, 0.15) is 0 Å². The van der Waals surface area contributed by atoms with E-state index in [0.29, 0.717) is 18.5 Å². The molecule has 20 heavy (non-hydrogen) atoms. The zero-order chi connectivity index (χ0) is 14.4. The van der Waals surface area contributed by atoms with Crippen molar-refractivity contribution in [2.45, 2.75) is 6.42 Å².